The molecule has 1 amide bonds. The van der Waals surface area contributed by atoms with Gasteiger partial charge in [0.05, 0.1) is 0 Å². The number of nitrogens with zero attached hydrogens (tertiary/aromatic N) is 4. The summed E-state index contributed by atoms with van der Waals surface area (Å²) in [5, 5.41) is 2.74. The Bertz CT molecular complexity index is 692. The van der Waals surface area contributed by atoms with Crippen LogP contribution in [0.1, 0.15) is 24.3 Å². The van der Waals surface area contributed by atoms with Gasteiger partial charge in [-0.15, -0.1) is 0 Å². The van der Waals surface area contributed by atoms with E-state index in [1.54, 1.807) is 24.4 Å². The minimum atomic E-state index is -0.506. The summed E-state index contributed by atoms with van der Waals surface area (Å²) in [5.74, 6) is 0.788. The van der Waals surface area contributed by atoms with Crippen molar-refractivity contribution in [2.24, 2.45) is 5.92 Å². The first-order valence-electron chi connectivity index (χ1n) is 7.15. The number of nitrogens with two attached hydrogens (primary N) is 1. The van der Waals surface area contributed by atoms with Gasteiger partial charge in [0.15, 0.2) is 22.5 Å². The average molecular weight is 335 g/mol. The van der Waals surface area contributed by atoms with Crippen molar-refractivity contribution in [3.05, 3.63) is 35.2 Å². The highest BCUT2D eigenvalue weighted by molar-refractivity contribution is 6.32. The van der Waals surface area contributed by atoms with E-state index in [-0.39, 0.29) is 16.7 Å². The van der Waals surface area contributed by atoms with Gasteiger partial charge in [-0.1, -0.05) is 31.5 Å². The molecule has 2 aromatic rings. The van der Waals surface area contributed by atoms with Crippen molar-refractivity contribution >= 4 is 35.0 Å². The van der Waals surface area contributed by atoms with Crippen LogP contribution >= 0.6 is 11.6 Å². The summed E-state index contributed by atoms with van der Waals surface area (Å²) in [5.41, 5.74) is 5.85. The van der Waals surface area contributed by atoms with Crippen LogP contribution in [0.4, 0.5) is 17.5 Å². The number of carbonyl (C=O) groups excluding carboxylic acids is 1. The number of nitrogens with one attached hydrogen (secondary N) is 1. The minimum absolute atomic E-state index is 0.0217. The zero-order valence-corrected chi connectivity index (χ0v) is 14.0. The van der Waals surface area contributed by atoms with Gasteiger partial charge in [-0.2, -0.15) is 0 Å². The fourth-order valence-electron chi connectivity index (χ4n) is 2.07. The lowest BCUT2D eigenvalue weighted by atomic mass is 10.2. The summed E-state index contributed by atoms with van der Waals surface area (Å²) in [7, 11) is 1.85. The SMILES string of the molecule is CC(C)CN(C)c1nc(N)c(C(=O)Nc2ccccn2)nc1Cl. The monoisotopic (exact) mass is 334 g/mol. The Labute approximate surface area is 139 Å². The van der Waals surface area contributed by atoms with E-state index in [9.17, 15) is 4.79 Å². The summed E-state index contributed by atoms with van der Waals surface area (Å²) in [6.45, 7) is 4.90. The number of nitrogen functional groups attached to an aromatic ring is 1. The number of hydrogen-bond acceptors (Lipinski definition) is 6. The highest BCUT2D eigenvalue weighted by atomic mass is 35.5. The Morgan fingerprint density at radius 1 is 1.39 bits per heavy atom. The molecular weight excluding hydrogens is 316 g/mol. The predicted octanol–water partition coefficient (Wildman–Crippen LogP) is 2.45. The Hall–Kier alpha value is -2.41. The highest BCUT2D eigenvalue weighted by Crippen LogP contribution is 2.24. The maximum absolute atomic E-state index is 12.2. The average Bonchev–Trinajstić information content (AvgIpc) is 2.49. The lowest BCUT2D eigenvalue weighted by molar-refractivity contribution is 0.102. The van der Waals surface area contributed by atoms with Crippen LogP contribution in [0.5, 0.6) is 0 Å². The number of pyridine rings is 1. The molecule has 3 N–H and O–H groups in total. The van der Waals surface area contributed by atoms with Gasteiger partial charge in [0.1, 0.15) is 5.82 Å². The fourth-order valence-corrected chi connectivity index (χ4v) is 2.35. The van der Waals surface area contributed by atoms with Gasteiger partial charge in [0.2, 0.25) is 0 Å². The zero-order chi connectivity index (χ0) is 17.0. The van der Waals surface area contributed by atoms with Crippen molar-refractivity contribution in [2.45, 2.75) is 13.8 Å². The van der Waals surface area contributed by atoms with E-state index in [4.69, 9.17) is 17.3 Å². The molecule has 0 atom stereocenters. The van der Waals surface area contributed by atoms with Crippen molar-refractivity contribution in [2.75, 3.05) is 29.5 Å². The van der Waals surface area contributed by atoms with Crippen LogP contribution in [-0.2, 0) is 0 Å². The van der Waals surface area contributed by atoms with Gasteiger partial charge in [0.25, 0.3) is 5.91 Å². The summed E-state index contributed by atoms with van der Waals surface area (Å²) in [6, 6.07) is 5.17. The maximum atomic E-state index is 12.2. The number of hydrogen-bond donors (Lipinski definition) is 2. The Morgan fingerprint density at radius 2 is 2.13 bits per heavy atom. The van der Waals surface area contributed by atoms with E-state index in [0.717, 1.165) is 6.54 Å². The highest BCUT2D eigenvalue weighted by Gasteiger charge is 2.19. The molecule has 0 radical (unpaired) electrons. The molecule has 0 aromatic carbocycles. The largest absolute Gasteiger partial charge is 0.382 e. The van der Waals surface area contributed by atoms with E-state index in [1.165, 1.54) is 0 Å². The number of anilines is 3. The molecule has 0 fully saturated rings. The molecule has 0 aliphatic rings. The van der Waals surface area contributed by atoms with Crippen molar-refractivity contribution < 1.29 is 4.79 Å². The number of rotatable bonds is 5. The molecule has 0 saturated heterocycles. The molecular formula is C15H19ClN6O. The van der Waals surface area contributed by atoms with Crippen molar-refractivity contribution in [3.63, 3.8) is 0 Å². The molecule has 2 heterocycles. The summed E-state index contributed by atoms with van der Waals surface area (Å²) >= 11 is 6.16. The van der Waals surface area contributed by atoms with Crippen LogP contribution in [0, 0.1) is 5.92 Å². The first kappa shape index (κ1) is 17.0. The second-order valence-electron chi connectivity index (χ2n) is 5.52. The third-order valence-electron chi connectivity index (χ3n) is 2.99. The standard InChI is InChI=1S/C15H19ClN6O/c1-9(2)8-22(3)14-12(16)20-11(13(17)21-14)15(23)19-10-6-4-5-7-18-10/h4-7,9H,8H2,1-3H3,(H2,17,21)(H,18,19,23). The number of carbonyl (C=O) groups is 1. The molecule has 7 nitrogen and oxygen atoms in total. The Kier molecular flexibility index (Phi) is 5.33. The predicted molar refractivity (Wildman–Crippen MR) is 91.8 cm³/mol. The third kappa shape index (κ3) is 4.29. The quantitative estimate of drug-likeness (QED) is 0.871. The third-order valence-corrected chi connectivity index (χ3v) is 3.24. The number of aromatic nitrogens is 3. The molecule has 0 unspecified atom stereocenters. The van der Waals surface area contributed by atoms with E-state index in [1.807, 2.05) is 11.9 Å². The second kappa shape index (κ2) is 7.23. The van der Waals surface area contributed by atoms with Crippen LogP contribution in [0.25, 0.3) is 0 Å². The maximum Gasteiger partial charge on any atom is 0.279 e. The van der Waals surface area contributed by atoms with Crippen molar-refractivity contribution in [1.82, 2.24) is 15.0 Å². The molecule has 0 bridgehead atoms. The topological polar surface area (TPSA) is 97.0 Å². The van der Waals surface area contributed by atoms with Crippen LogP contribution < -0.4 is 16.0 Å². The first-order chi connectivity index (χ1) is 10.9. The van der Waals surface area contributed by atoms with Crippen LogP contribution in [0.15, 0.2) is 24.4 Å². The number of amides is 1. The van der Waals surface area contributed by atoms with Crippen molar-refractivity contribution in [3.8, 4) is 0 Å². The lowest BCUT2D eigenvalue weighted by Gasteiger charge is -2.21. The van der Waals surface area contributed by atoms with Crippen LogP contribution in [0.2, 0.25) is 5.15 Å². The summed E-state index contributed by atoms with van der Waals surface area (Å²) < 4.78 is 0. The molecule has 122 valence electrons. The van der Waals surface area contributed by atoms with Gasteiger partial charge < -0.3 is 16.0 Å². The molecule has 0 spiro atoms. The lowest BCUT2D eigenvalue weighted by Crippen LogP contribution is -2.26. The molecule has 2 rings (SSSR count). The van der Waals surface area contributed by atoms with Crippen LogP contribution in [0.3, 0.4) is 0 Å². The van der Waals surface area contributed by atoms with E-state index >= 15 is 0 Å². The molecule has 2 aromatic heterocycles. The molecule has 8 heteroatoms. The van der Waals surface area contributed by atoms with E-state index < -0.39 is 5.91 Å². The van der Waals surface area contributed by atoms with Gasteiger partial charge in [-0.05, 0) is 18.1 Å². The van der Waals surface area contributed by atoms with Crippen molar-refractivity contribution in [1.29, 1.82) is 0 Å². The summed E-state index contributed by atoms with van der Waals surface area (Å²) in [6.07, 6.45) is 1.57. The van der Waals surface area contributed by atoms with E-state index in [2.05, 4.69) is 34.1 Å². The van der Waals surface area contributed by atoms with Gasteiger partial charge in [-0.3, -0.25) is 4.79 Å². The Morgan fingerprint density at radius 3 is 2.74 bits per heavy atom. The normalized spacial score (nSPS) is 10.7. The molecule has 23 heavy (non-hydrogen) atoms. The van der Waals surface area contributed by atoms with Gasteiger partial charge in [-0.25, -0.2) is 15.0 Å². The van der Waals surface area contributed by atoms with E-state index in [0.29, 0.717) is 17.6 Å². The second-order valence-corrected chi connectivity index (χ2v) is 5.87. The van der Waals surface area contributed by atoms with Gasteiger partial charge in [0, 0.05) is 19.8 Å². The fraction of sp³-hybridized carbons (Fsp3) is 0.333. The molecule has 0 aliphatic heterocycles. The van der Waals surface area contributed by atoms with Gasteiger partial charge >= 0.3 is 0 Å². The smallest absolute Gasteiger partial charge is 0.279 e. The summed E-state index contributed by atoms with van der Waals surface area (Å²) in [4.78, 5) is 26.4. The molecule has 0 aliphatic carbocycles. The first-order valence-corrected chi connectivity index (χ1v) is 7.52. The molecule has 0 saturated carbocycles. The Balaban J connectivity index is 2.24. The number of halogens is 1. The van der Waals surface area contributed by atoms with Crippen LogP contribution in [-0.4, -0.2) is 34.5 Å². The zero-order valence-electron chi connectivity index (χ0n) is 13.2. The minimum Gasteiger partial charge on any atom is -0.382 e.